The fraction of sp³-hybridized carbons (Fsp3) is 0.278. The Morgan fingerprint density at radius 1 is 1.09 bits per heavy atom. The molecular formula is C18H19NO3. The molecule has 2 aromatic carbocycles. The minimum Gasteiger partial charge on any atom is -0.389 e. The number of amides is 1. The minimum atomic E-state index is -0.629. The normalized spacial score (nSPS) is 18.8. The van der Waals surface area contributed by atoms with Crippen molar-refractivity contribution in [2.75, 3.05) is 26.3 Å². The molecule has 1 aliphatic rings. The molecule has 0 bridgehead atoms. The Morgan fingerprint density at radius 3 is 2.64 bits per heavy atom. The molecule has 2 aromatic rings. The van der Waals surface area contributed by atoms with Crippen molar-refractivity contribution in [3.63, 3.8) is 0 Å². The predicted molar refractivity (Wildman–Crippen MR) is 84.6 cm³/mol. The largest absolute Gasteiger partial charge is 0.389 e. The first-order chi connectivity index (χ1) is 10.8. The van der Waals surface area contributed by atoms with Crippen LogP contribution in [0.2, 0.25) is 0 Å². The third kappa shape index (κ3) is 3.18. The first kappa shape index (κ1) is 14.8. The van der Waals surface area contributed by atoms with E-state index in [0.717, 1.165) is 11.1 Å². The molecule has 1 heterocycles. The van der Waals surface area contributed by atoms with Gasteiger partial charge < -0.3 is 14.7 Å². The SMILES string of the molecule is O=C(c1ccccc1-c1ccccc1)N1CCOC[C@@H](O)C1. The van der Waals surface area contributed by atoms with Gasteiger partial charge in [-0.2, -0.15) is 0 Å². The summed E-state index contributed by atoms with van der Waals surface area (Å²) in [5.74, 6) is -0.0657. The first-order valence-electron chi connectivity index (χ1n) is 7.45. The predicted octanol–water partition coefficient (Wildman–Crippen LogP) is 2.19. The highest BCUT2D eigenvalue weighted by Gasteiger charge is 2.23. The Bertz CT molecular complexity index is 642. The molecule has 0 radical (unpaired) electrons. The smallest absolute Gasteiger partial charge is 0.254 e. The van der Waals surface area contributed by atoms with E-state index in [1.165, 1.54) is 0 Å². The van der Waals surface area contributed by atoms with Gasteiger partial charge in [-0.15, -0.1) is 0 Å². The van der Waals surface area contributed by atoms with Crippen molar-refractivity contribution in [3.05, 3.63) is 60.2 Å². The van der Waals surface area contributed by atoms with Crippen LogP contribution in [0.15, 0.2) is 54.6 Å². The van der Waals surface area contributed by atoms with Crippen molar-refractivity contribution < 1.29 is 14.6 Å². The Balaban J connectivity index is 1.93. The van der Waals surface area contributed by atoms with Gasteiger partial charge in [0, 0.05) is 18.7 Å². The lowest BCUT2D eigenvalue weighted by atomic mass is 9.99. The van der Waals surface area contributed by atoms with Crippen molar-refractivity contribution in [1.82, 2.24) is 4.90 Å². The molecule has 0 saturated carbocycles. The molecule has 3 rings (SSSR count). The number of nitrogens with zero attached hydrogens (tertiary/aromatic N) is 1. The number of aliphatic hydroxyl groups is 1. The molecule has 1 amide bonds. The number of β-amino-alcohol motifs (C(OH)–C–C–N with tert-alkyl or cyclic N) is 1. The van der Waals surface area contributed by atoms with Gasteiger partial charge in [-0.3, -0.25) is 4.79 Å². The number of ether oxygens (including phenoxy) is 1. The maximum Gasteiger partial charge on any atom is 0.254 e. The van der Waals surface area contributed by atoms with Gasteiger partial charge in [0.2, 0.25) is 0 Å². The summed E-state index contributed by atoms with van der Waals surface area (Å²) in [4.78, 5) is 14.5. The molecule has 1 N–H and O–H groups in total. The Kier molecular flexibility index (Phi) is 4.51. The molecule has 1 atom stereocenters. The van der Waals surface area contributed by atoms with Gasteiger partial charge in [0.25, 0.3) is 5.91 Å². The fourth-order valence-electron chi connectivity index (χ4n) is 2.69. The zero-order valence-corrected chi connectivity index (χ0v) is 12.3. The highest BCUT2D eigenvalue weighted by atomic mass is 16.5. The van der Waals surface area contributed by atoms with Crippen LogP contribution in [0.3, 0.4) is 0 Å². The van der Waals surface area contributed by atoms with Crippen LogP contribution in [-0.2, 0) is 4.74 Å². The monoisotopic (exact) mass is 297 g/mol. The minimum absolute atomic E-state index is 0.0657. The quantitative estimate of drug-likeness (QED) is 0.924. The lowest BCUT2D eigenvalue weighted by Crippen LogP contribution is -2.37. The summed E-state index contributed by atoms with van der Waals surface area (Å²) in [6.07, 6.45) is -0.629. The number of benzene rings is 2. The summed E-state index contributed by atoms with van der Waals surface area (Å²) in [5, 5.41) is 9.82. The molecule has 4 nitrogen and oxygen atoms in total. The van der Waals surface area contributed by atoms with Gasteiger partial charge in [-0.25, -0.2) is 0 Å². The summed E-state index contributed by atoms with van der Waals surface area (Å²) in [5.41, 5.74) is 2.58. The van der Waals surface area contributed by atoms with Crippen molar-refractivity contribution in [1.29, 1.82) is 0 Å². The molecule has 0 aromatic heterocycles. The van der Waals surface area contributed by atoms with Crippen LogP contribution in [0.5, 0.6) is 0 Å². The summed E-state index contributed by atoms with van der Waals surface area (Å²) >= 11 is 0. The Morgan fingerprint density at radius 2 is 1.82 bits per heavy atom. The summed E-state index contributed by atoms with van der Waals surface area (Å²) < 4.78 is 5.29. The van der Waals surface area contributed by atoms with E-state index >= 15 is 0 Å². The van der Waals surface area contributed by atoms with E-state index in [1.807, 2.05) is 54.6 Å². The second-order valence-electron chi connectivity index (χ2n) is 5.39. The van der Waals surface area contributed by atoms with Gasteiger partial charge in [-0.05, 0) is 17.2 Å². The Hall–Kier alpha value is -2.17. The highest BCUT2D eigenvalue weighted by molar-refractivity contribution is 6.00. The van der Waals surface area contributed by atoms with Crippen LogP contribution in [0.1, 0.15) is 10.4 Å². The average Bonchev–Trinajstić information content (AvgIpc) is 2.79. The molecule has 1 fully saturated rings. The van der Waals surface area contributed by atoms with Crippen molar-refractivity contribution in [2.45, 2.75) is 6.10 Å². The van der Waals surface area contributed by atoms with Crippen molar-refractivity contribution in [2.24, 2.45) is 0 Å². The fourth-order valence-corrected chi connectivity index (χ4v) is 2.69. The maximum absolute atomic E-state index is 12.9. The second kappa shape index (κ2) is 6.73. The molecule has 22 heavy (non-hydrogen) atoms. The van der Waals surface area contributed by atoms with Crippen LogP contribution in [0.4, 0.5) is 0 Å². The Labute approximate surface area is 130 Å². The molecule has 1 aliphatic heterocycles. The number of carbonyl (C=O) groups is 1. The van der Waals surface area contributed by atoms with Crippen molar-refractivity contribution >= 4 is 5.91 Å². The summed E-state index contributed by atoms with van der Waals surface area (Å²) in [6.45, 7) is 1.54. The molecule has 0 aliphatic carbocycles. The lowest BCUT2D eigenvalue weighted by molar-refractivity contribution is 0.0534. The highest BCUT2D eigenvalue weighted by Crippen LogP contribution is 2.24. The number of hydrogen-bond acceptors (Lipinski definition) is 3. The number of carbonyl (C=O) groups excluding carboxylic acids is 1. The number of hydrogen-bond donors (Lipinski definition) is 1. The zero-order valence-electron chi connectivity index (χ0n) is 12.3. The van der Waals surface area contributed by atoms with Crippen LogP contribution in [0.25, 0.3) is 11.1 Å². The molecule has 0 unspecified atom stereocenters. The van der Waals surface area contributed by atoms with Crippen molar-refractivity contribution in [3.8, 4) is 11.1 Å². The molecule has 114 valence electrons. The van der Waals surface area contributed by atoms with Crippen LogP contribution in [-0.4, -0.2) is 48.3 Å². The van der Waals surface area contributed by atoms with E-state index < -0.39 is 6.10 Å². The van der Waals surface area contributed by atoms with E-state index in [0.29, 0.717) is 25.3 Å². The van der Waals surface area contributed by atoms with Gasteiger partial charge in [0.05, 0.1) is 19.3 Å². The molecular weight excluding hydrogens is 278 g/mol. The van der Waals surface area contributed by atoms with E-state index in [9.17, 15) is 9.90 Å². The van der Waals surface area contributed by atoms with E-state index in [1.54, 1.807) is 4.90 Å². The van der Waals surface area contributed by atoms with E-state index in [4.69, 9.17) is 4.74 Å². The van der Waals surface area contributed by atoms with Crippen LogP contribution in [0, 0.1) is 0 Å². The van der Waals surface area contributed by atoms with E-state index in [-0.39, 0.29) is 12.5 Å². The first-order valence-corrected chi connectivity index (χ1v) is 7.45. The topological polar surface area (TPSA) is 49.8 Å². The standard InChI is InChI=1S/C18H19NO3/c20-15-12-19(10-11-22-13-15)18(21)17-9-5-4-8-16(17)14-6-2-1-3-7-14/h1-9,15,20H,10-13H2/t15-/m0/s1. The third-order valence-corrected chi connectivity index (χ3v) is 3.78. The van der Waals surface area contributed by atoms with Crippen LogP contribution >= 0.6 is 0 Å². The zero-order chi connectivity index (χ0) is 15.4. The maximum atomic E-state index is 12.9. The second-order valence-corrected chi connectivity index (χ2v) is 5.39. The molecule has 4 heteroatoms. The summed E-state index contributed by atoms with van der Waals surface area (Å²) in [6, 6.07) is 17.4. The van der Waals surface area contributed by atoms with E-state index in [2.05, 4.69) is 0 Å². The van der Waals surface area contributed by atoms with Gasteiger partial charge in [0.1, 0.15) is 0 Å². The third-order valence-electron chi connectivity index (χ3n) is 3.78. The van der Waals surface area contributed by atoms with Gasteiger partial charge in [0.15, 0.2) is 0 Å². The number of rotatable bonds is 2. The average molecular weight is 297 g/mol. The molecule has 1 saturated heterocycles. The van der Waals surface area contributed by atoms with Crippen LogP contribution < -0.4 is 0 Å². The van der Waals surface area contributed by atoms with Gasteiger partial charge >= 0.3 is 0 Å². The van der Waals surface area contributed by atoms with Gasteiger partial charge in [-0.1, -0.05) is 48.5 Å². The number of aliphatic hydroxyl groups excluding tert-OH is 1. The summed E-state index contributed by atoms with van der Waals surface area (Å²) in [7, 11) is 0. The lowest BCUT2D eigenvalue weighted by Gasteiger charge is -2.22. The molecule has 0 spiro atoms.